The Morgan fingerprint density at radius 3 is 2.76 bits per heavy atom. The normalized spacial score (nSPS) is 19.5. The number of thiophene rings is 1. The minimum Gasteiger partial charge on any atom is -0.381 e. The van der Waals surface area contributed by atoms with Crippen LogP contribution in [-0.4, -0.2) is 48.0 Å². The molecule has 3 aromatic rings. The summed E-state index contributed by atoms with van der Waals surface area (Å²) >= 11 is 1.52. The molecule has 3 aliphatic rings. The van der Waals surface area contributed by atoms with Gasteiger partial charge in [-0.15, -0.1) is 11.3 Å². The Morgan fingerprint density at radius 2 is 2.00 bits per heavy atom. The minimum atomic E-state index is -2.52. The lowest BCUT2D eigenvalue weighted by atomic mass is 9.94. The molecule has 34 heavy (non-hydrogen) atoms. The second-order valence-corrected chi connectivity index (χ2v) is 10.6. The fourth-order valence-corrected chi connectivity index (χ4v) is 6.47. The summed E-state index contributed by atoms with van der Waals surface area (Å²) in [5, 5.41) is 7.14. The molecule has 1 aromatic carbocycles. The summed E-state index contributed by atoms with van der Waals surface area (Å²) in [5.74, 6) is 0.957. The van der Waals surface area contributed by atoms with Gasteiger partial charge in [0.15, 0.2) is 5.82 Å². The van der Waals surface area contributed by atoms with E-state index in [4.69, 9.17) is 9.84 Å². The second kappa shape index (κ2) is 9.06. The van der Waals surface area contributed by atoms with Gasteiger partial charge in [0.2, 0.25) is 0 Å². The van der Waals surface area contributed by atoms with Gasteiger partial charge in [-0.3, -0.25) is 4.68 Å². The SMILES string of the molecule is CN1CCc2c(c(N3CCCc4cc(-c5cccs5)c(C(F)F)cc43)nn2C2CCOCC2)C1. The second-order valence-electron chi connectivity index (χ2n) is 9.63. The molecular formula is C26H30F2N4OS. The van der Waals surface area contributed by atoms with Gasteiger partial charge in [0, 0.05) is 72.2 Å². The van der Waals surface area contributed by atoms with Crippen LogP contribution < -0.4 is 4.90 Å². The van der Waals surface area contributed by atoms with E-state index in [0.29, 0.717) is 11.6 Å². The van der Waals surface area contributed by atoms with E-state index in [1.165, 1.54) is 22.6 Å². The van der Waals surface area contributed by atoms with Crippen molar-refractivity contribution >= 4 is 22.8 Å². The number of hydrogen-bond donors (Lipinski definition) is 0. The van der Waals surface area contributed by atoms with Crippen molar-refractivity contribution in [3.05, 3.63) is 52.0 Å². The molecule has 5 nitrogen and oxygen atoms in total. The fraction of sp³-hybridized carbons (Fsp3) is 0.500. The number of aryl methyl sites for hydroxylation is 1. The Bertz CT molecular complexity index is 1170. The number of anilines is 2. The highest BCUT2D eigenvalue weighted by Crippen LogP contribution is 2.44. The zero-order valence-electron chi connectivity index (χ0n) is 19.5. The third kappa shape index (κ3) is 3.85. The van der Waals surface area contributed by atoms with Crippen LogP contribution in [-0.2, 0) is 24.1 Å². The van der Waals surface area contributed by atoms with Crippen LogP contribution in [0.3, 0.4) is 0 Å². The lowest BCUT2D eigenvalue weighted by Gasteiger charge is -2.33. The number of nitrogens with zero attached hydrogens (tertiary/aromatic N) is 4. The van der Waals surface area contributed by atoms with E-state index in [2.05, 4.69) is 21.5 Å². The molecule has 0 amide bonds. The molecule has 6 rings (SSSR count). The van der Waals surface area contributed by atoms with Crippen LogP contribution in [0, 0.1) is 0 Å². The Morgan fingerprint density at radius 1 is 1.15 bits per heavy atom. The predicted octanol–water partition coefficient (Wildman–Crippen LogP) is 5.97. The van der Waals surface area contributed by atoms with Gasteiger partial charge in [0.25, 0.3) is 6.43 Å². The van der Waals surface area contributed by atoms with E-state index in [1.54, 1.807) is 6.07 Å². The Kier molecular flexibility index (Phi) is 5.91. The minimum absolute atomic E-state index is 0.114. The van der Waals surface area contributed by atoms with E-state index in [9.17, 15) is 8.78 Å². The molecule has 0 bridgehead atoms. The largest absolute Gasteiger partial charge is 0.381 e. The van der Waals surface area contributed by atoms with Crippen LogP contribution in [0.1, 0.15) is 54.1 Å². The lowest BCUT2D eigenvalue weighted by Crippen LogP contribution is -2.30. The van der Waals surface area contributed by atoms with Gasteiger partial charge in [-0.05, 0) is 61.9 Å². The number of rotatable bonds is 4. The number of likely N-dealkylation sites (N-methyl/N-ethyl adjacent to an activating group) is 1. The maximum atomic E-state index is 14.2. The summed E-state index contributed by atoms with van der Waals surface area (Å²) in [6.45, 7) is 4.19. The monoisotopic (exact) mass is 484 g/mol. The van der Waals surface area contributed by atoms with Crippen LogP contribution >= 0.6 is 11.3 Å². The summed E-state index contributed by atoms with van der Waals surface area (Å²) in [6, 6.07) is 7.94. The highest BCUT2D eigenvalue weighted by Gasteiger charge is 2.33. The quantitative estimate of drug-likeness (QED) is 0.457. The zero-order chi connectivity index (χ0) is 23.2. The summed E-state index contributed by atoms with van der Waals surface area (Å²) in [5.41, 5.74) is 5.39. The molecular weight excluding hydrogens is 454 g/mol. The number of fused-ring (bicyclic) bond motifs is 2. The molecule has 0 unspecified atom stereocenters. The molecule has 5 heterocycles. The number of alkyl halides is 2. The maximum Gasteiger partial charge on any atom is 0.264 e. The highest BCUT2D eigenvalue weighted by molar-refractivity contribution is 7.13. The first-order valence-corrected chi connectivity index (χ1v) is 13.1. The zero-order valence-corrected chi connectivity index (χ0v) is 20.3. The molecule has 1 fully saturated rings. The third-order valence-corrected chi connectivity index (χ3v) is 8.34. The van der Waals surface area contributed by atoms with E-state index in [-0.39, 0.29) is 5.56 Å². The van der Waals surface area contributed by atoms with Gasteiger partial charge in [-0.2, -0.15) is 5.10 Å². The van der Waals surface area contributed by atoms with Crippen molar-refractivity contribution in [1.29, 1.82) is 0 Å². The standard InChI is InChI=1S/C26H30F2N4OS/c1-30-10-6-22-21(16-30)26(29-32(22)18-7-11-33-12-8-18)31-9-2-4-17-14-19(24-5-3-13-34-24)20(25(27)28)15-23(17)31/h3,5,13-15,18,25H,2,4,6-12,16H2,1H3. The molecule has 0 aliphatic carbocycles. The van der Waals surface area contributed by atoms with Crippen molar-refractivity contribution in [3.63, 3.8) is 0 Å². The van der Waals surface area contributed by atoms with Gasteiger partial charge in [0.1, 0.15) is 0 Å². The number of ether oxygens (including phenoxy) is 1. The molecule has 3 aliphatic heterocycles. The Hall–Kier alpha value is -2.29. The summed E-state index contributed by atoms with van der Waals surface area (Å²) in [6.07, 6.45) is 2.28. The molecule has 0 spiro atoms. The lowest BCUT2D eigenvalue weighted by molar-refractivity contribution is 0.0651. The van der Waals surface area contributed by atoms with Crippen LogP contribution in [0.15, 0.2) is 29.6 Å². The first-order valence-electron chi connectivity index (χ1n) is 12.2. The first kappa shape index (κ1) is 22.2. The van der Waals surface area contributed by atoms with E-state index in [1.807, 2.05) is 23.6 Å². The molecule has 0 N–H and O–H groups in total. The van der Waals surface area contributed by atoms with E-state index >= 15 is 0 Å². The fourth-order valence-electron chi connectivity index (χ4n) is 5.71. The van der Waals surface area contributed by atoms with Crippen LogP contribution in [0.5, 0.6) is 0 Å². The van der Waals surface area contributed by atoms with Crippen molar-refractivity contribution in [3.8, 4) is 10.4 Å². The summed E-state index contributed by atoms with van der Waals surface area (Å²) in [4.78, 5) is 5.45. The van der Waals surface area contributed by atoms with Crippen molar-refractivity contribution in [2.45, 2.75) is 51.1 Å². The third-order valence-electron chi connectivity index (χ3n) is 7.44. The Labute approximate surface area is 202 Å². The van der Waals surface area contributed by atoms with Crippen LogP contribution in [0.25, 0.3) is 10.4 Å². The van der Waals surface area contributed by atoms with Gasteiger partial charge in [-0.1, -0.05) is 6.07 Å². The van der Waals surface area contributed by atoms with E-state index < -0.39 is 6.43 Å². The number of hydrogen-bond acceptors (Lipinski definition) is 5. The molecule has 0 saturated carbocycles. The number of halogens is 2. The predicted molar refractivity (Wildman–Crippen MR) is 131 cm³/mol. The number of aromatic nitrogens is 2. The number of benzene rings is 1. The molecule has 1 saturated heterocycles. The molecule has 8 heteroatoms. The summed E-state index contributed by atoms with van der Waals surface area (Å²) in [7, 11) is 2.14. The molecule has 0 atom stereocenters. The Balaban J connectivity index is 1.47. The van der Waals surface area contributed by atoms with Gasteiger partial charge in [-0.25, -0.2) is 8.78 Å². The van der Waals surface area contributed by atoms with Crippen molar-refractivity contribution in [2.24, 2.45) is 0 Å². The van der Waals surface area contributed by atoms with Crippen molar-refractivity contribution < 1.29 is 13.5 Å². The molecule has 0 radical (unpaired) electrons. The first-order chi connectivity index (χ1) is 16.6. The van der Waals surface area contributed by atoms with Crippen LogP contribution in [0.2, 0.25) is 0 Å². The average Bonchev–Trinajstić information content (AvgIpc) is 3.52. The van der Waals surface area contributed by atoms with Crippen molar-refractivity contribution in [2.75, 3.05) is 38.3 Å². The van der Waals surface area contributed by atoms with Gasteiger partial charge >= 0.3 is 0 Å². The van der Waals surface area contributed by atoms with Gasteiger partial charge < -0.3 is 14.5 Å². The average molecular weight is 485 g/mol. The molecule has 180 valence electrons. The van der Waals surface area contributed by atoms with Crippen LogP contribution in [0.4, 0.5) is 20.3 Å². The van der Waals surface area contributed by atoms with Crippen molar-refractivity contribution in [1.82, 2.24) is 14.7 Å². The topological polar surface area (TPSA) is 33.5 Å². The van der Waals surface area contributed by atoms with E-state index in [0.717, 1.165) is 86.9 Å². The highest BCUT2D eigenvalue weighted by atomic mass is 32.1. The summed E-state index contributed by atoms with van der Waals surface area (Å²) < 4.78 is 36.3. The van der Waals surface area contributed by atoms with Gasteiger partial charge in [0.05, 0.1) is 6.04 Å². The molecule has 2 aromatic heterocycles. The maximum absolute atomic E-state index is 14.2. The smallest absolute Gasteiger partial charge is 0.264 e.